The maximum absolute atomic E-state index is 11.3. The first kappa shape index (κ1) is 15.8. The highest BCUT2D eigenvalue weighted by atomic mass is 16.5. The van der Waals surface area contributed by atoms with Crippen LogP contribution in [0.15, 0.2) is 55.1 Å². The highest BCUT2D eigenvalue weighted by Gasteiger charge is 2.19. The number of hydrogen-bond donors (Lipinski definition) is 0. The van der Waals surface area contributed by atoms with Gasteiger partial charge in [0, 0.05) is 17.0 Å². The summed E-state index contributed by atoms with van der Waals surface area (Å²) in [7, 11) is 1.59. The van der Waals surface area contributed by atoms with Crippen molar-refractivity contribution in [1.29, 1.82) is 0 Å². The number of rotatable bonds is 7. The lowest BCUT2D eigenvalue weighted by Gasteiger charge is -2.19. The highest BCUT2D eigenvalue weighted by Crippen LogP contribution is 2.38. The molecule has 0 fully saturated rings. The van der Waals surface area contributed by atoms with Gasteiger partial charge in [-0.2, -0.15) is 0 Å². The van der Waals surface area contributed by atoms with Gasteiger partial charge >= 0.3 is 0 Å². The molecule has 1 atom stereocenters. The lowest BCUT2D eigenvalue weighted by atomic mass is 9.94. The van der Waals surface area contributed by atoms with Gasteiger partial charge in [0.1, 0.15) is 12.9 Å². The van der Waals surface area contributed by atoms with Crippen LogP contribution in [0.4, 0.5) is 0 Å². The van der Waals surface area contributed by atoms with E-state index in [1.165, 1.54) is 0 Å². The average molecular weight is 296 g/mol. The van der Waals surface area contributed by atoms with E-state index in [2.05, 4.69) is 6.58 Å². The molecule has 0 saturated heterocycles. The monoisotopic (exact) mass is 296 g/mol. The number of hydrogen-bond acceptors (Lipinski definition) is 3. The lowest BCUT2D eigenvalue weighted by Crippen LogP contribution is -2.05. The minimum atomic E-state index is -0.0129. The molecule has 0 radical (unpaired) electrons. The summed E-state index contributed by atoms with van der Waals surface area (Å²) in [6, 6.07) is 13.4. The molecule has 2 rings (SSSR count). The zero-order chi connectivity index (χ0) is 15.9. The second kappa shape index (κ2) is 7.46. The molecule has 3 nitrogen and oxygen atoms in total. The van der Waals surface area contributed by atoms with Gasteiger partial charge in [-0.05, 0) is 17.7 Å². The molecule has 0 aliphatic rings. The van der Waals surface area contributed by atoms with Crippen molar-refractivity contribution in [2.45, 2.75) is 19.4 Å². The van der Waals surface area contributed by atoms with Crippen molar-refractivity contribution in [2.24, 2.45) is 0 Å². The Hall–Kier alpha value is -2.55. The van der Waals surface area contributed by atoms with Gasteiger partial charge in [0.15, 0.2) is 11.5 Å². The van der Waals surface area contributed by atoms with E-state index in [4.69, 9.17) is 9.47 Å². The Balaban J connectivity index is 2.42. The molecule has 1 unspecified atom stereocenters. The molecular formula is C19H20O3. The van der Waals surface area contributed by atoms with Gasteiger partial charge in [0.2, 0.25) is 0 Å². The Morgan fingerprint density at radius 3 is 2.50 bits per heavy atom. The van der Waals surface area contributed by atoms with Crippen LogP contribution in [0.5, 0.6) is 11.5 Å². The summed E-state index contributed by atoms with van der Waals surface area (Å²) in [6.07, 6.45) is 2.63. The summed E-state index contributed by atoms with van der Waals surface area (Å²) < 4.78 is 11.4. The van der Waals surface area contributed by atoms with Gasteiger partial charge in [0.25, 0.3) is 0 Å². The molecule has 22 heavy (non-hydrogen) atoms. The third-order valence-electron chi connectivity index (χ3n) is 3.58. The summed E-state index contributed by atoms with van der Waals surface area (Å²) in [5, 5.41) is 0. The van der Waals surface area contributed by atoms with E-state index in [1.807, 2.05) is 37.3 Å². The molecular weight excluding hydrogens is 276 g/mol. The fraction of sp³-hybridized carbons (Fsp3) is 0.211. The smallest absolute Gasteiger partial charge is 0.166 e. The van der Waals surface area contributed by atoms with Gasteiger partial charge < -0.3 is 9.47 Å². The number of carbonyl (C=O) groups is 1. The molecule has 0 aliphatic heterocycles. The molecule has 2 aromatic rings. The van der Waals surface area contributed by atoms with Gasteiger partial charge in [0.05, 0.1) is 7.11 Å². The van der Waals surface area contributed by atoms with Crippen LogP contribution in [0.3, 0.4) is 0 Å². The third-order valence-corrected chi connectivity index (χ3v) is 3.58. The molecule has 2 aromatic carbocycles. The summed E-state index contributed by atoms with van der Waals surface area (Å²) in [5.74, 6) is 1.20. The van der Waals surface area contributed by atoms with Crippen molar-refractivity contribution >= 4 is 6.29 Å². The van der Waals surface area contributed by atoms with Crippen LogP contribution in [-0.2, 0) is 6.61 Å². The van der Waals surface area contributed by atoms with Crippen molar-refractivity contribution in [2.75, 3.05) is 7.11 Å². The van der Waals surface area contributed by atoms with Crippen LogP contribution in [0.25, 0.3) is 0 Å². The van der Waals surface area contributed by atoms with Crippen molar-refractivity contribution in [1.82, 2.24) is 0 Å². The Labute approximate surface area is 131 Å². The Kier molecular flexibility index (Phi) is 5.37. The maximum Gasteiger partial charge on any atom is 0.166 e. The van der Waals surface area contributed by atoms with Crippen molar-refractivity contribution in [3.63, 3.8) is 0 Å². The van der Waals surface area contributed by atoms with Crippen LogP contribution in [0.2, 0.25) is 0 Å². The first-order valence-electron chi connectivity index (χ1n) is 7.16. The normalized spacial score (nSPS) is 11.5. The van der Waals surface area contributed by atoms with Crippen molar-refractivity contribution < 1.29 is 14.3 Å². The van der Waals surface area contributed by atoms with E-state index >= 15 is 0 Å². The Morgan fingerprint density at radius 1 is 1.18 bits per heavy atom. The minimum Gasteiger partial charge on any atom is -0.493 e. The molecule has 0 bridgehead atoms. The summed E-state index contributed by atoms with van der Waals surface area (Å²) in [4.78, 5) is 11.3. The first-order chi connectivity index (χ1) is 10.7. The largest absolute Gasteiger partial charge is 0.493 e. The van der Waals surface area contributed by atoms with Gasteiger partial charge in [-0.3, -0.25) is 4.79 Å². The number of benzene rings is 2. The quantitative estimate of drug-likeness (QED) is 0.562. The average Bonchev–Trinajstić information content (AvgIpc) is 2.59. The number of methoxy groups -OCH3 is 1. The standard InChI is InChI=1S/C19H20O3/c1-4-14(2)18-16(12-20)10-11-17(21-3)19(18)22-13-15-8-6-5-7-9-15/h4-12,14H,1,13H2,2-3H3. The summed E-state index contributed by atoms with van der Waals surface area (Å²) in [6.45, 7) is 6.20. The van der Waals surface area contributed by atoms with Crippen LogP contribution in [0.1, 0.15) is 34.3 Å². The van der Waals surface area contributed by atoms with Crippen LogP contribution >= 0.6 is 0 Å². The summed E-state index contributed by atoms with van der Waals surface area (Å²) >= 11 is 0. The first-order valence-corrected chi connectivity index (χ1v) is 7.16. The number of carbonyl (C=O) groups excluding carboxylic acids is 1. The number of ether oxygens (including phenoxy) is 2. The third kappa shape index (κ3) is 3.37. The maximum atomic E-state index is 11.3. The fourth-order valence-electron chi connectivity index (χ4n) is 2.32. The predicted molar refractivity (Wildman–Crippen MR) is 87.8 cm³/mol. The van der Waals surface area contributed by atoms with E-state index in [0.29, 0.717) is 23.7 Å². The molecule has 0 heterocycles. The van der Waals surface area contributed by atoms with Gasteiger partial charge in [-0.15, -0.1) is 6.58 Å². The van der Waals surface area contributed by atoms with Crippen LogP contribution in [0, 0.1) is 0 Å². The molecule has 0 aromatic heterocycles. The van der Waals surface area contributed by atoms with Crippen molar-refractivity contribution in [3.8, 4) is 11.5 Å². The fourth-order valence-corrected chi connectivity index (χ4v) is 2.32. The van der Waals surface area contributed by atoms with Crippen LogP contribution < -0.4 is 9.47 Å². The highest BCUT2D eigenvalue weighted by molar-refractivity contribution is 5.80. The molecule has 114 valence electrons. The summed E-state index contributed by atoms with van der Waals surface area (Å²) in [5.41, 5.74) is 2.45. The molecule has 3 heteroatoms. The Bertz CT molecular complexity index is 647. The van der Waals surface area contributed by atoms with E-state index in [0.717, 1.165) is 17.4 Å². The lowest BCUT2D eigenvalue weighted by molar-refractivity contribution is 0.112. The SMILES string of the molecule is C=CC(C)c1c(C=O)ccc(OC)c1OCc1ccccc1. The number of aldehydes is 1. The van der Waals surface area contributed by atoms with Crippen molar-refractivity contribution in [3.05, 3.63) is 71.8 Å². The van der Waals surface area contributed by atoms with E-state index in [9.17, 15) is 4.79 Å². The topological polar surface area (TPSA) is 35.5 Å². The minimum absolute atomic E-state index is 0.0129. The molecule has 0 spiro atoms. The zero-order valence-electron chi connectivity index (χ0n) is 12.9. The molecule has 0 saturated carbocycles. The second-order valence-corrected chi connectivity index (χ2v) is 5.02. The zero-order valence-corrected chi connectivity index (χ0v) is 12.9. The van der Waals surface area contributed by atoms with E-state index < -0.39 is 0 Å². The van der Waals surface area contributed by atoms with Gasteiger partial charge in [-0.1, -0.05) is 43.3 Å². The van der Waals surface area contributed by atoms with E-state index in [1.54, 1.807) is 25.3 Å². The van der Waals surface area contributed by atoms with E-state index in [-0.39, 0.29) is 5.92 Å². The number of allylic oxidation sites excluding steroid dienone is 1. The Morgan fingerprint density at radius 2 is 1.91 bits per heavy atom. The second-order valence-electron chi connectivity index (χ2n) is 5.02. The molecule has 0 N–H and O–H groups in total. The molecule has 0 amide bonds. The van der Waals surface area contributed by atoms with Crippen LogP contribution in [-0.4, -0.2) is 13.4 Å². The predicted octanol–water partition coefficient (Wildman–Crippen LogP) is 4.38. The van der Waals surface area contributed by atoms with Gasteiger partial charge in [-0.25, -0.2) is 0 Å². The molecule has 0 aliphatic carbocycles.